The van der Waals surface area contributed by atoms with E-state index in [0.717, 1.165) is 24.6 Å². The Morgan fingerprint density at radius 1 is 1.40 bits per heavy atom. The van der Waals surface area contributed by atoms with E-state index in [2.05, 4.69) is 10.3 Å². The molecular formula is C12H17ClN2. The zero-order valence-electron chi connectivity index (χ0n) is 8.88. The smallest absolute Gasteiger partial charge is 0.133 e. The van der Waals surface area contributed by atoms with E-state index in [1.54, 1.807) is 6.20 Å². The predicted octanol–water partition coefficient (Wildman–Crippen LogP) is 3.01. The molecule has 0 unspecified atom stereocenters. The number of nitrogens with zero attached hydrogens (tertiary/aromatic N) is 1. The minimum atomic E-state index is 0.622. The number of rotatable bonds is 4. The number of aromatic nitrogens is 1. The third kappa shape index (κ3) is 3.18. The maximum absolute atomic E-state index is 5.97. The second-order valence-electron chi connectivity index (χ2n) is 4.23. The van der Waals surface area contributed by atoms with Crippen molar-refractivity contribution in [1.29, 1.82) is 0 Å². The van der Waals surface area contributed by atoms with Crippen molar-refractivity contribution in [3.8, 4) is 0 Å². The van der Waals surface area contributed by atoms with Crippen LogP contribution in [-0.2, 0) is 6.54 Å². The molecule has 1 aliphatic carbocycles. The van der Waals surface area contributed by atoms with Crippen LogP contribution in [0, 0.1) is 5.92 Å². The summed E-state index contributed by atoms with van der Waals surface area (Å²) in [7, 11) is 0. The lowest BCUT2D eigenvalue weighted by atomic mass is 10.1. The monoisotopic (exact) mass is 224 g/mol. The van der Waals surface area contributed by atoms with Crippen LogP contribution in [0.3, 0.4) is 0 Å². The van der Waals surface area contributed by atoms with Crippen molar-refractivity contribution < 1.29 is 0 Å². The molecule has 2 rings (SSSR count). The highest BCUT2D eigenvalue weighted by molar-refractivity contribution is 6.30. The SMILES string of the molecule is Clc1ncccc1CNCC1CCCC1. The molecule has 1 aromatic rings. The number of hydrogen-bond acceptors (Lipinski definition) is 2. The maximum atomic E-state index is 5.97. The van der Waals surface area contributed by atoms with Crippen molar-refractivity contribution in [3.63, 3.8) is 0 Å². The first-order valence-electron chi connectivity index (χ1n) is 5.66. The fraction of sp³-hybridized carbons (Fsp3) is 0.583. The summed E-state index contributed by atoms with van der Waals surface area (Å²) in [6, 6.07) is 3.95. The Labute approximate surface area is 96.1 Å². The first kappa shape index (κ1) is 10.9. The minimum Gasteiger partial charge on any atom is -0.312 e. The van der Waals surface area contributed by atoms with Crippen LogP contribution in [0.25, 0.3) is 0 Å². The van der Waals surface area contributed by atoms with Crippen LogP contribution in [0.4, 0.5) is 0 Å². The highest BCUT2D eigenvalue weighted by Crippen LogP contribution is 2.23. The van der Waals surface area contributed by atoms with E-state index in [-0.39, 0.29) is 0 Å². The van der Waals surface area contributed by atoms with Crippen LogP contribution in [0.1, 0.15) is 31.2 Å². The Morgan fingerprint density at radius 2 is 2.20 bits per heavy atom. The van der Waals surface area contributed by atoms with Gasteiger partial charge >= 0.3 is 0 Å². The normalized spacial score (nSPS) is 17.1. The van der Waals surface area contributed by atoms with Crippen LogP contribution in [-0.4, -0.2) is 11.5 Å². The van der Waals surface area contributed by atoms with Crippen LogP contribution in [0.15, 0.2) is 18.3 Å². The van der Waals surface area contributed by atoms with Gasteiger partial charge in [0.25, 0.3) is 0 Å². The molecule has 0 atom stereocenters. The van der Waals surface area contributed by atoms with Crippen molar-refractivity contribution in [1.82, 2.24) is 10.3 Å². The summed E-state index contributed by atoms with van der Waals surface area (Å²) in [6.07, 6.45) is 7.30. The summed E-state index contributed by atoms with van der Waals surface area (Å²) in [5.41, 5.74) is 1.09. The van der Waals surface area contributed by atoms with Gasteiger partial charge in [0, 0.05) is 18.3 Å². The lowest BCUT2D eigenvalue weighted by Gasteiger charge is -2.10. The average Bonchev–Trinajstić information content (AvgIpc) is 2.74. The number of pyridine rings is 1. The molecule has 82 valence electrons. The van der Waals surface area contributed by atoms with E-state index in [1.165, 1.54) is 25.7 Å². The zero-order valence-corrected chi connectivity index (χ0v) is 9.63. The molecular weight excluding hydrogens is 208 g/mol. The first-order chi connectivity index (χ1) is 7.36. The van der Waals surface area contributed by atoms with Crippen LogP contribution >= 0.6 is 11.6 Å². The van der Waals surface area contributed by atoms with Gasteiger partial charge < -0.3 is 5.32 Å². The standard InChI is InChI=1S/C12H17ClN2/c13-12-11(6-3-7-15-12)9-14-8-10-4-1-2-5-10/h3,6-7,10,14H,1-2,4-5,8-9H2. The highest BCUT2D eigenvalue weighted by atomic mass is 35.5. The Hall–Kier alpha value is -0.600. The Morgan fingerprint density at radius 3 is 2.93 bits per heavy atom. The van der Waals surface area contributed by atoms with Crippen LogP contribution < -0.4 is 5.32 Å². The molecule has 0 radical (unpaired) electrons. The largest absolute Gasteiger partial charge is 0.312 e. The predicted molar refractivity (Wildman–Crippen MR) is 62.9 cm³/mol. The molecule has 1 heterocycles. The van der Waals surface area contributed by atoms with E-state index in [9.17, 15) is 0 Å². The van der Waals surface area contributed by atoms with Gasteiger partial charge in [-0.1, -0.05) is 30.5 Å². The number of nitrogens with one attached hydrogen (secondary N) is 1. The molecule has 1 aliphatic rings. The quantitative estimate of drug-likeness (QED) is 0.796. The Balaban J connectivity index is 1.75. The second kappa shape index (κ2) is 5.47. The minimum absolute atomic E-state index is 0.622. The number of halogens is 1. The summed E-state index contributed by atoms with van der Waals surface area (Å²) >= 11 is 5.97. The molecule has 1 fully saturated rings. The van der Waals surface area contributed by atoms with Crippen molar-refractivity contribution >= 4 is 11.6 Å². The fourth-order valence-electron chi connectivity index (χ4n) is 2.18. The molecule has 1 N–H and O–H groups in total. The summed E-state index contributed by atoms with van der Waals surface area (Å²) < 4.78 is 0. The second-order valence-corrected chi connectivity index (χ2v) is 4.59. The molecule has 15 heavy (non-hydrogen) atoms. The zero-order chi connectivity index (χ0) is 10.5. The average molecular weight is 225 g/mol. The molecule has 0 aliphatic heterocycles. The summed E-state index contributed by atoms with van der Waals surface area (Å²) in [6.45, 7) is 1.95. The van der Waals surface area contributed by atoms with Gasteiger partial charge in [-0.15, -0.1) is 0 Å². The molecule has 1 saturated carbocycles. The number of hydrogen-bond donors (Lipinski definition) is 1. The molecule has 0 amide bonds. The lowest BCUT2D eigenvalue weighted by molar-refractivity contribution is 0.489. The van der Waals surface area contributed by atoms with E-state index in [0.29, 0.717) is 5.15 Å². The van der Waals surface area contributed by atoms with Gasteiger partial charge in [-0.05, 0) is 31.4 Å². The molecule has 1 aromatic heterocycles. The maximum Gasteiger partial charge on any atom is 0.133 e. The fourth-order valence-corrected chi connectivity index (χ4v) is 2.36. The van der Waals surface area contributed by atoms with Gasteiger partial charge in [0.1, 0.15) is 5.15 Å². The van der Waals surface area contributed by atoms with Gasteiger partial charge in [-0.2, -0.15) is 0 Å². The molecule has 0 saturated heterocycles. The van der Waals surface area contributed by atoms with Crippen molar-refractivity contribution in [2.24, 2.45) is 5.92 Å². The van der Waals surface area contributed by atoms with Crippen LogP contribution in [0.2, 0.25) is 5.15 Å². The van der Waals surface area contributed by atoms with E-state index in [1.807, 2.05) is 12.1 Å². The first-order valence-corrected chi connectivity index (χ1v) is 6.04. The van der Waals surface area contributed by atoms with Gasteiger partial charge in [0.2, 0.25) is 0 Å². The van der Waals surface area contributed by atoms with E-state index in [4.69, 9.17) is 11.6 Å². The van der Waals surface area contributed by atoms with E-state index < -0.39 is 0 Å². The topological polar surface area (TPSA) is 24.9 Å². The molecule has 0 aromatic carbocycles. The third-order valence-electron chi connectivity index (χ3n) is 3.06. The lowest BCUT2D eigenvalue weighted by Crippen LogP contribution is -2.20. The molecule has 2 nitrogen and oxygen atoms in total. The van der Waals surface area contributed by atoms with E-state index >= 15 is 0 Å². The van der Waals surface area contributed by atoms with Gasteiger partial charge in [0.05, 0.1) is 0 Å². The molecule has 0 spiro atoms. The Bertz CT molecular complexity index is 308. The molecule has 3 heteroatoms. The summed E-state index contributed by atoms with van der Waals surface area (Å²) in [4.78, 5) is 4.05. The van der Waals surface area contributed by atoms with Gasteiger partial charge in [-0.3, -0.25) is 0 Å². The van der Waals surface area contributed by atoms with Gasteiger partial charge in [0.15, 0.2) is 0 Å². The summed E-state index contributed by atoms with van der Waals surface area (Å²) in [5.74, 6) is 0.875. The summed E-state index contributed by atoms with van der Waals surface area (Å²) in [5, 5.41) is 4.08. The van der Waals surface area contributed by atoms with Crippen molar-refractivity contribution in [2.75, 3.05) is 6.54 Å². The highest BCUT2D eigenvalue weighted by Gasteiger charge is 2.14. The van der Waals surface area contributed by atoms with Crippen LogP contribution in [0.5, 0.6) is 0 Å². The Kier molecular flexibility index (Phi) is 3.98. The molecule has 0 bridgehead atoms. The van der Waals surface area contributed by atoms with Gasteiger partial charge in [-0.25, -0.2) is 4.98 Å². The van der Waals surface area contributed by atoms with Crippen molar-refractivity contribution in [3.05, 3.63) is 29.0 Å². The third-order valence-corrected chi connectivity index (χ3v) is 3.40. The van der Waals surface area contributed by atoms with Crippen molar-refractivity contribution in [2.45, 2.75) is 32.2 Å².